The van der Waals surface area contributed by atoms with Crippen molar-refractivity contribution in [1.29, 1.82) is 0 Å². The summed E-state index contributed by atoms with van der Waals surface area (Å²) < 4.78 is 23.1. The summed E-state index contributed by atoms with van der Waals surface area (Å²) in [6, 6.07) is 10.0. The van der Waals surface area contributed by atoms with E-state index in [0.717, 1.165) is 0 Å². The van der Waals surface area contributed by atoms with Gasteiger partial charge < -0.3 is 20.1 Å². The molecular weight excluding hydrogens is 315 g/mol. The van der Waals surface area contributed by atoms with Crippen LogP contribution in [-0.4, -0.2) is 32.6 Å². The van der Waals surface area contributed by atoms with Crippen LogP contribution in [0.2, 0.25) is 0 Å². The molecule has 2 N–H and O–H groups in total. The Kier molecular flexibility index (Phi) is 5.73. The highest BCUT2D eigenvalue weighted by Gasteiger charge is 2.11. The van der Waals surface area contributed by atoms with E-state index in [1.807, 2.05) is 0 Å². The lowest BCUT2D eigenvalue weighted by Gasteiger charge is -2.12. The van der Waals surface area contributed by atoms with Crippen LogP contribution in [0.25, 0.3) is 0 Å². The average molecular weight is 332 g/mol. The minimum atomic E-state index is -0.470. The third kappa shape index (κ3) is 4.45. The second kappa shape index (κ2) is 7.96. The van der Waals surface area contributed by atoms with Gasteiger partial charge in [0.15, 0.2) is 0 Å². The van der Waals surface area contributed by atoms with Gasteiger partial charge >= 0.3 is 0 Å². The molecule has 0 fully saturated rings. The van der Waals surface area contributed by atoms with Crippen molar-refractivity contribution in [1.82, 2.24) is 5.32 Å². The summed E-state index contributed by atoms with van der Waals surface area (Å²) in [5.74, 6) is -0.315. The molecule has 2 rings (SSSR count). The molecule has 0 radical (unpaired) electrons. The molecule has 0 atom stereocenters. The predicted octanol–water partition coefficient (Wildman–Crippen LogP) is 2.21. The number of anilines is 1. The molecule has 0 saturated heterocycles. The largest absolute Gasteiger partial charge is 0.497 e. The molecule has 0 aliphatic heterocycles. The summed E-state index contributed by atoms with van der Waals surface area (Å²) in [6.07, 6.45) is 0. The maximum Gasteiger partial charge on any atom is 0.251 e. The fraction of sp³-hybridized carbons (Fsp3) is 0.176. The van der Waals surface area contributed by atoms with E-state index in [4.69, 9.17) is 9.47 Å². The van der Waals surface area contributed by atoms with Crippen LogP contribution in [0.3, 0.4) is 0 Å². The highest BCUT2D eigenvalue weighted by atomic mass is 19.1. The van der Waals surface area contributed by atoms with E-state index in [9.17, 15) is 14.0 Å². The molecule has 2 amide bonds. The number of ether oxygens (including phenoxy) is 2. The van der Waals surface area contributed by atoms with Gasteiger partial charge in [-0.2, -0.15) is 0 Å². The average Bonchev–Trinajstić information content (AvgIpc) is 2.60. The molecule has 0 saturated carbocycles. The van der Waals surface area contributed by atoms with Crippen molar-refractivity contribution in [3.63, 3.8) is 0 Å². The van der Waals surface area contributed by atoms with Crippen molar-refractivity contribution in [3.8, 4) is 11.5 Å². The lowest BCUT2D eigenvalue weighted by atomic mass is 10.2. The molecule has 0 spiro atoms. The predicted molar refractivity (Wildman–Crippen MR) is 86.9 cm³/mol. The van der Waals surface area contributed by atoms with E-state index in [0.29, 0.717) is 17.2 Å². The number of halogens is 1. The van der Waals surface area contributed by atoms with Crippen molar-refractivity contribution < 1.29 is 23.5 Å². The quantitative estimate of drug-likeness (QED) is 0.850. The maximum atomic E-state index is 12.8. The molecule has 0 aliphatic rings. The highest BCUT2D eigenvalue weighted by molar-refractivity contribution is 5.99. The van der Waals surface area contributed by atoms with Gasteiger partial charge in [-0.15, -0.1) is 0 Å². The number of hydrogen-bond donors (Lipinski definition) is 2. The van der Waals surface area contributed by atoms with Crippen LogP contribution < -0.4 is 20.1 Å². The molecule has 6 nitrogen and oxygen atoms in total. The van der Waals surface area contributed by atoms with Gasteiger partial charge in [-0.25, -0.2) is 4.39 Å². The van der Waals surface area contributed by atoms with Crippen LogP contribution in [0.4, 0.5) is 10.1 Å². The van der Waals surface area contributed by atoms with Crippen LogP contribution in [0.1, 0.15) is 10.4 Å². The smallest absolute Gasteiger partial charge is 0.251 e. The Morgan fingerprint density at radius 3 is 2.38 bits per heavy atom. The number of carbonyl (C=O) groups excluding carboxylic acids is 2. The molecule has 0 heterocycles. The Morgan fingerprint density at radius 2 is 1.75 bits per heavy atom. The van der Waals surface area contributed by atoms with Gasteiger partial charge in [-0.3, -0.25) is 9.59 Å². The van der Waals surface area contributed by atoms with E-state index < -0.39 is 17.6 Å². The molecule has 24 heavy (non-hydrogen) atoms. The van der Waals surface area contributed by atoms with E-state index >= 15 is 0 Å². The van der Waals surface area contributed by atoms with Gasteiger partial charge in [0.1, 0.15) is 17.3 Å². The van der Waals surface area contributed by atoms with Crippen LogP contribution in [0, 0.1) is 5.82 Å². The molecule has 0 aliphatic carbocycles. The van der Waals surface area contributed by atoms with Crippen molar-refractivity contribution in [2.75, 3.05) is 26.1 Å². The molecular formula is C17H17FN2O4. The third-order valence-corrected chi connectivity index (χ3v) is 3.20. The SMILES string of the molecule is COc1ccc(OC)c(NC(=O)CNC(=O)c2ccc(F)cc2)c1. The first-order valence-corrected chi connectivity index (χ1v) is 7.09. The summed E-state index contributed by atoms with van der Waals surface area (Å²) in [7, 11) is 2.99. The van der Waals surface area contributed by atoms with E-state index in [1.165, 1.54) is 38.5 Å². The topological polar surface area (TPSA) is 76.7 Å². The molecule has 0 bridgehead atoms. The van der Waals surface area contributed by atoms with Crippen molar-refractivity contribution in [3.05, 3.63) is 53.8 Å². The first-order chi connectivity index (χ1) is 11.5. The minimum Gasteiger partial charge on any atom is -0.497 e. The summed E-state index contributed by atoms with van der Waals surface area (Å²) in [5.41, 5.74) is 0.695. The lowest BCUT2D eigenvalue weighted by Crippen LogP contribution is -2.32. The Labute approximate surface area is 138 Å². The second-order valence-corrected chi connectivity index (χ2v) is 4.80. The zero-order valence-corrected chi connectivity index (χ0v) is 13.3. The number of hydrogen-bond acceptors (Lipinski definition) is 4. The number of methoxy groups -OCH3 is 2. The van der Waals surface area contributed by atoms with Crippen LogP contribution in [0.5, 0.6) is 11.5 Å². The Balaban J connectivity index is 1.96. The van der Waals surface area contributed by atoms with Crippen molar-refractivity contribution in [2.24, 2.45) is 0 Å². The van der Waals surface area contributed by atoms with Gasteiger partial charge in [0.05, 0.1) is 26.5 Å². The number of nitrogens with one attached hydrogen (secondary N) is 2. The number of amides is 2. The molecule has 126 valence electrons. The zero-order valence-electron chi connectivity index (χ0n) is 13.3. The van der Waals surface area contributed by atoms with E-state index in [2.05, 4.69) is 10.6 Å². The van der Waals surface area contributed by atoms with E-state index in [-0.39, 0.29) is 12.1 Å². The second-order valence-electron chi connectivity index (χ2n) is 4.80. The monoisotopic (exact) mass is 332 g/mol. The summed E-state index contributed by atoms with van der Waals surface area (Å²) in [4.78, 5) is 23.9. The molecule has 0 aromatic heterocycles. The molecule has 0 unspecified atom stereocenters. The minimum absolute atomic E-state index is 0.240. The molecule has 7 heteroatoms. The van der Waals surface area contributed by atoms with Crippen LogP contribution >= 0.6 is 0 Å². The first-order valence-electron chi connectivity index (χ1n) is 7.09. The fourth-order valence-electron chi connectivity index (χ4n) is 1.97. The maximum absolute atomic E-state index is 12.8. The summed E-state index contributed by atoms with van der Waals surface area (Å²) in [6.45, 7) is -0.240. The summed E-state index contributed by atoms with van der Waals surface area (Å²) in [5, 5.41) is 5.09. The Morgan fingerprint density at radius 1 is 1.04 bits per heavy atom. The Hall–Kier alpha value is -3.09. The standard InChI is InChI=1S/C17H17FN2O4/c1-23-13-7-8-15(24-2)14(9-13)20-16(21)10-19-17(22)11-3-5-12(18)6-4-11/h3-9H,10H2,1-2H3,(H,19,22)(H,20,21). The third-order valence-electron chi connectivity index (χ3n) is 3.20. The Bertz CT molecular complexity index is 732. The van der Waals surface area contributed by atoms with Crippen LogP contribution in [0.15, 0.2) is 42.5 Å². The molecule has 2 aromatic carbocycles. The van der Waals surface area contributed by atoms with Crippen molar-refractivity contribution >= 4 is 17.5 Å². The van der Waals surface area contributed by atoms with E-state index in [1.54, 1.807) is 18.2 Å². The first kappa shape index (κ1) is 17.3. The van der Waals surface area contributed by atoms with Gasteiger partial charge in [-0.1, -0.05) is 0 Å². The molecule has 2 aromatic rings. The fourth-order valence-corrected chi connectivity index (χ4v) is 1.97. The highest BCUT2D eigenvalue weighted by Crippen LogP contribution is 2.28. The normalized spacial score (nSPS) is 9.96. The van der Waals surface area contributed by atoms with Crippen molar-refractivity contribution in [2.45, 2.75) is 0 Å². The summed E-state index contributed by atoms with van der Waals surface area (Å²) >= 11 is 0. The van der Waals surface area contributed by atoms with Gasteiger partial charge in [0.25, 0.3) is 5.91 Å². The van der Waals surface area contributed by atoms with Gasteiger partial charge in [0, 0.05) is 11.6 Å². The van der Waals surface area contributed by atoms with Gasteiger partial charge in [-0.05, 0) is 36.4 Å². The number of benzene rings is 2. The van der Waals surface area contributed by atoms with Crippen LogP contribution in [-0.2, 0) is 4.79 Å². The number of rotatable bonds is 6. The zero-order chi connectivity index (χ0) is 17.5. The lowest BCUT2D eigenvalue weighted by molar-refractivity contribution is -0.115. The van der Waals surface area contributed by atoms with Gasteiger partial charge in [0.2, 0.25) is 5.91 Å². The number of carbonyl (C=O) groups is 2.